The summed E-state index contributed by atoms with van der Waals surface area (Å²) in [6.07, 6.45) is 4.78. The Morgan fingerprint density at radius 1 is 1.38 bits per heavy atom. The van der Waals surface area contributed by atoms with Crippen LogP contribution >= 0.6 is 11.3 Å². The van der Waals surface area contributed by atoms with Crippen LogP contribution in [-0.4, -0.2) is 28.0 Å². The standard InChI is InChI=1S/C16H26N4S/c1-11(2)10-20(13-5-6-13)15-14(9-17-12(3)4)19-7-8-21-16(19)18-15/h7-8,11-13,17H,5-6,9-10H2,1-4H3. The number of imidazole rings is 1. The molecule has 116 valence electrons. The Morgan fingerprint density at radius 2 is 2.14 bits per heavy atom. The third-order valence-corrected chi connectivity index (χ3v) is 4.60. The van der Waals surface area contributed by atoms with E-state index >= 15 is 0 Å². The molecule has 5 heteroatoms. The van der Waals surface area contributed by atoms with Gasteiger partial charge in [-0.3, -0.25) is 4.40 Å². The summed E-state index contributed by atoms with van der Waals surface area (Å²) in [5.74, 6) is 1.86. The van der Waals surface area contributed by atoms with E-state index in [2.05, 4.69) is 53.9 Å². The van der Waals surface area contributed by atoms with E-state index in [1.165, 1.54) is 24.4 Å². The Hall–Kier alpha value is -1.07. The van der Waals surface area contributed by atoms with E-state index in [9.17, 15) is 0 Å². The SMILES string of the molecule is CC(C)CN(c1nc2sccn2c1CNC(C)C)C1CC1. The quantitative estimate of drug-likeness (QED) is 0.849. The molecule has 0 aromatic carbocycles. The van der Waals surface area contributed by atoms with Gasteiger partial charge in [0.25, 0.3) is 0 Å². The molecule has 0 spiro atoms. The molecule has 0 unspecified atom stereocenters. The molecule has 2 aromatic heterocycles. The van der Waals surface area contributed by atoms with Crippen molar-refractivity contribution in [2.45, 2.75) is 59.2 Å². The molecule has 0 bridgehead atoms. The maximum atomic E-state index is 4.93. The lowest BCUT2D eigenvalue weighted by Crippen LogP contribution is -2.32. The molecule has 4 nitrogen and oxygen atoms in total. The van der Waals surface area contributed by atoms with E-state index in [-0.39, 0.29) is 0 Å². The third-order valence-electron chi connectivity index (χ3n) is 3.84. The molecule has 1 saturated carbocycles. The number of nitrogens with zero attached hydrogens (tertiary/aromatic N) is 3. The van der Waals surface area contributed by atoms with Crippen LogP contribution in [0.25, 0.3) is 4.96 Å². The topological polar surface area (TPSA) is 32.6 Å². The van der Waals surface area contributed by atoms with Crippen LogP contribution in [0.3, 0.4) is 0 Å². The fraction of sp³-hybridized carbons (Fsp3) is 0.688. The summed E-state index contributed by atoms with van der Waals surface area (Å²) in [4.78, 5) is 8.59. The van der Waals surface area contributed by atoms with Gasteiger partial charge in [0.2, 0.25) is 0 Å². The minimum atomic E-state index is 0.488. The average molecular weight is 306 g/mol. The lowest BCUT2D eigenvalue weighted by atomic mass is 10.2. The monoisotopic (exact) mass is 306 g/mol. The van der Waals surface area contributed by atoms with Gasteiger partial charge in [-0.2, -0.15) is 0 Å². The first-order valence-electron chi connectivity index (χ1n) is 8.00. The largest absolute Gasteiger partial charge is 0.352 e. The predicted molar refractivity (Wildman–Crippen MR) is 90.3 cm³/mol. The van der Waals surface area contributed by atoms with Crippen molar-refractivity contribution >= 4 is 22.1 Å². The first kappa shape index (κ1) is 14.9. The first-order valence-corrected chi connectivity index (χ1v) is 8.88. The number of fused-ring (bicyclic) bond motifs is 1. The van der Waals surface area contributed by atoms with E-state index in [1.54, 1.807) is 11.3 Å². The molecule has 21 heavy (non-hydrogen) atoms. The summed E-state index contributed by atoms with van der Waals surface area (Å²) in [5, 5.41) is 5.67. The van der Waals surface area contributed by atoms with Crippen LogP contribution in [0, 0.1) is 5.92 Å². The van der Waals surface area contributed by atoms with Gasteiger partial charge >= 0.3 is 0 Å². The van der Waals surface area contributed by atoms with Crippen LogP contribution in [0.5, 0.6) is 0 Å². The lowest BCUT2D eigenvalue weighted by Gasteiger charge is -2.26. The predicted octanol–water partition coefficient (Wildman–Crippen LogP) is 3.52. The Kier molecular flexibility index (Phi) is 4.22. The highest BCUT2D eigenvalue weighted by Gasteiger charge is 2.33. The summed E-state index contributed by atoms with van der Waals surface area (Å²) in [5.41, 5.74) is 1.31. The van der Waals surface area contributed by atoms with Gasteiger partial charge in [0, 0.05) is 36.8 Å². The van der Waals surface area contributed by atoms with Gasteiger partial charge in [-0.15, -0.1) is 11.3 Å². The number of nitrogens with one attached hydrogen (secondary N) is 1. The second kappa shape index (κ2) is 5.97. The molecular weight excluding hydrogens is 280 g/mol. The molecule has 0 amide bonds. The second-order valence-corrected chi connectivity index (χ2v) is 7.62. The fourth-order valence-corrected chi connectivity index (χ4v) is 3.43. The molecule has 1 fully saturated rings. The molecule has 0 saturated heterocycles. The number of rotatable bonds is 7. The van der Waals surface area contributed by atoms with Crippen molar-refractivity contribution in [1.82, 2.24) is 14.7 Å². The summed E-state index contributed by atoms with van der Waals surface area (Å²) in [7, 11) is 0. The minimum absolute atomic E-state index is 0.488. The van der Waals surface area contributed by atoms with Crippen LogP contribution in [0.4, 0.5) is 5.82 Å². The Bertz CT molecular complexity index is 594. The Labute approximate surface area is 131 Å². The molecule has 0 aliphatic heterocycles. The molecule has 2 aromatic rings. The van der Waals surface area contributed by atoms with Gasteiger partial charge in [0.15, 0.2) is 10.8 Å². The van der Waals surface area contributed by atoms with Crippen molar-refractivity contribution in [2.75, 3.05) is 11.4 Å². The molecule has 0 radical (unpaired) electrons. The van der Waals surface area contributed by atoms with E-state index in [0.717, 1.165) is 18.1 Å². The lowest BCUT2D eigenvalue weighted by molar-refractivity contribution is 0.570. The zero-order valence-electron chi connectivity index (χ0n) is 13.5. The van der Waals surface area contributed by atoms with Crippen LogP contribution in [0.2, 0.25) is 0 Å². The van der Waals surface area contributed by atoms with E-state index in [4.69, 9.17) is 4.98 Å². The van der Waals surface area contributed by atoms with E-state index in [1.807, 2.05) is 0 Å². The Morgan fingerprint density at radius 3 is 2.76 bits per heavy atom. The Balaban J connectivity index is 1.94. The van der Waals surface area contributed by atoms with Gasteiger partial charge in [-0.05, 0) is 18.8 Å². The number of hydrogen-bond acceptors (Lipinski definition) is 4. The number of anilines is 1. The molecule has 2 heterocycles. The minimum Gasteiger partial charge on any atom is -0.352 e. The first-order chi connectivity index (χ1) is 10.1. The zero-order chi connectivity index (χ0) is 15.0. The van der Waals surface area contributed by atoms with Crippen LogP contribution < -0.4 is 10.2 Å². The molecule has 1 aliphatic rings. The van der Waals surface area contributed by atoms with Crippen molar-refractivity contribution in [3.8, 4) is 0 Å². The maximum absolute atomic E-state index is 4.93. The smallest absolute Gasteiger partial charge is 0.195 e. The van der Waals surface area contributed by atoms with Crippen molar-refractivity contribution in [3.63, 3.8) is 0 Å². The summed E-state index contributed by atoms with van der Waals surface area (Å²) in [6, 6.07) is 1.19. The maximum Gasteiger partial charge on any atom is 0.195 e. The summed E-state index contributed by atoms with van der Waals surface area (Å²) < 4.78 is 2.26. The van der Waals surface area contributed by atoms with Crippen molar-refractivity contribution in [3.05, 3.63) is 17.3 Å². The van der Waals surface area contributed by atoms with Gasteiger partial charge in [-0.1, -0.05) is 27.7 Å². The number of hydrogen-bond donors (Lipinski definition) is 1. The highest BCUT2D eigenvalue weighted by molar-refractivity contribution is 7.15. The van der Waals surface area contributed by atoms with Crippen molar-refractivity contribution in [1.29, 1.82) is 0 Å². The third kappa shape index (κ3) is 3.24. The van der Waals surface area contributed by atoms with Gasteiger partial charge in [0.1, 0.15) is 0 Å². The molecule has 0 atom stereocenters. The molecule has 3 rings (SSSR count). The van der Waals surface area contributed by atoms with E-state index in [0.29, 0.717) is 18.0 Å². The molecule has 1 aliphatic carbocycles. The normalized spacial score (nSPS) is 15.5. The number of thiazole rings is 1. The molecule has 1 N–H and O–H groups in total. The summed E-state index contributed by atoms with van der Waals surface area (Å²) in [6.45, 7) is 11.0. The van der Waals surface area contributed by atoms with Crippen LogP contribution in [-0.2, 0) is 6.54 Å². The van der Waals surface area contributed by atoms with Gasteiger partial charge < -0.3 is 10.2 Å². The van der Waals surface area contributed by atoms with Crippen molar-refractivity contribution < 1.29 is 0 Å². The van der Waals surface area contributed by atoms with E-state index < -0.39 is 0 Å². The van der Waals surface area contributed by atoms with Crippen molar-refractivity contribution in [2.24, 2.45) is 5.92 Å². The molecular formula is C16H26N4S. The van der Waals surface area contributed by atoms with Gasteiger partial charge in [0.05, 0.1) is 5.69 Å². The van der Waals surface area contributed by atoms with Gasteiger partial charge in [-0.25, -0.2) is 4.98 Å². The summed E-state index contributed by atoms with van der Waals surface area (Å²) >= 11 is 1.72. The average Bonchev–Trinajstić information content (AvgIpc) is 3.04. The zero-order valence-corrected chi connectivity index (χ0v) is 14.3. The van der Waals surface area contributed by atoms with Crippen LogP contribution in [0.1, 0.15) is 46.2 Å². The van der Waals surface area contributed by atoms with Crippen LogP contribution in [0.15, 0.2) is 11.6 Å². The second-order valence-electron chi connectivity index (χ2n) is 6.75. The fourth-order valence-electron chi connectivity index (χ4n) is 2.70. The number of aromatic nitrogens is 2. The highest BCUT2D eigenvalue weighted by atomic mass is 32.1. The highest BCUT2D eigenvalue weighted by Crippen LogP contribution is 2.35.